The number of aryl methyl sites for hydroxylation is 1. The Kier molecular flexibility index (Phi) is 8.58. The summed E-state index contributed by atoms with van der Waals surface area (Å²) in [4.78, 5) is 28.9. The maximum atomic E-state index is 13.3. The van der Waals surface area contributed by atoms with E-state index in [1.54, 1.807) is 17.0 Å². The normalized spacial score (nSPS) is 11.3. The number of aromatic nitrogens is 1. The lowest BCUT2D eigenvalue weighted by Gasteiger charge is -2.27. The molecule has 0 radical (unpaired) electrons. The first-order valence-electron chi connectivity index (χ1n) is 10.8. The number of carbonyl (C=O) groups is 2. The molecule has 2 heterocycles. The molecular weight excluding hydrogens is 465 g/mol. The fourth-order valence-corrected chi connectivity index (χ4v) is 3.37. The van der Waals surface area contributed by atoms with Crippen LogP contribution in [0.25, 0.3) is 0 Å². The van der Waals surface area contributed by atoms with E-state index in [9.17, 15) is 22.8 Å². The van der Waals surface area contributed by atoms with Gasteiger partial charge in [0, 0.05) is 38.3 Å². The lowest BCUT2D eigenvalue weighted by molar-refractivity contribution is -0.137. The number of halogens is 3. The summed E-state index contributed by atoms with van der Waals surface area (Å²) in [5.74, 6) is 0.210. The number of rotatable bonds is 10. The van der Waals surface area contributed by atoms with Gasteiger partial charge in [0.2, 0.25) is 5.91 Å². The molecule has 0 fully saturated rings. The number of amides is 3. The quantitative estimate of drug-likeness (QED) is 0.457. The maximum Gasteiger partial charge on any atom is 0.416 e. The molecule has 0 atom stereocenters. The van der Waals surface area contributed by atoms with Crippen molar-refractivity contribution in [3.63, 3.8) is 0 Å². The number of carbonyl (C=O) groups excluding carboxylic acids is 2. The number of urea groups is 1. The maximum absolute atomic E-state index is 13.3. The third kappa shape index (κ3) is 7.38. The van der Waals surface area contributed by atoms with Gasteiger partial charge in [-0.2, -0.15) is 13.2 Å². The van der Waals surface area contributed by atoms with Crippen LogP contribution >= 0.6 is 0 Å². The highest BCUT2D eigenvalue weighted by Gasteiger charge is 2.31. The molecule has 35 heavy (non-hydrogen) atoms. The SMILES string of the molecule is COCCN(CC(=O)N(Cc1ccco1)Cc1cccn1C)C(=O)Nc1cccc(C(F)(F)F)c1. The van der Waals surface area contributed by atoms with Crippen molar-refractivity contribution in [3.8, 4) is 0 Å². The van der Waals surface area contributed by atoms with Crippen molar-refractivity contribution in [1.82, 2.24) is 14.4 Å². The summed E-state index contributed by atoms with van der Waals surface area (Å²) in [6.45, 7) is 0.352. The van der Waals surface area contributed by atoms with Crippen molar-refractivity contribution in [2.45, 2.75) is 19.3 Å². The van der Waals surface area contributed by atoms with E-state index >= 15 is 0 Å². The second kappa shape index (κ2) is 11.6. The monoisotopic (exact) mass is 492 g/mol. The molecule has 2 aromatic heterocycles. The first-order valence-corrected chi connectivity index (χ1v) is 10.8. The molecule has 0 saturated carbocycles. The fraction of sp³-hybridized carbons (Fsp3) is 0.333. The van der Waals surface area contributed by atoms with Crippen LogP contribution in [-0.2, 0) is 35.8 Å². The molecule has 11 heteroatoms. The molecule has 0 unspecified atom stereocenters. The van der Waals surface area contributed by atoms with Gasteiger partial charge in [-0.05, 0) is 42.5 Å². The Morgan fingerprint density at radius 1 is 1.09 bits per heavy atom. The number of benzene rings is 1. The van der Waals surface area contributed by atoms with E-state index in [-0.39, 0.29) is 44.4 Å². The van der Waals surface area contributed by atoms with Gasteiger partial charge < -0.3 is 28.8 Å². The van der Waals surface area contributed by atoms with Gasteiger partial charge in [-0.1, -0.05) is 6.07 Å². The number of hydrogen-bond acceptors (Lipinski definition) is 4. The van der Waals surface area contributed by atoms with Gasteiger partial charge in [-0.15, -0.1) is 0 Å². The van der Waals surface area contributed by atoms with E-state index in [2.05, 4.69) is 5.32 Å². The first-order chi connectivity index (χ1) is 16.7. The summed E-state index contributed by atoms with van der Waals surface area (Å²) in [5.41, 5.74) is -0.0419. The molecule has 3 rings (SSSR count). The van der Waals surface area contributed by atoms with Gasteiger partial charge in [0.25, 0.3) is 0 Å². The smallest absolute Gasteiger partial charge is 0.416 e. The topological polar surface area (TPSA) is 80.0 Å². The van der Waals surface area contributed by atoms with Crippen molar-refractivity contribution in [2.75, 3.05) is 32.1 Å². The molecule has 3 amide bonds. The second-order valence-corrected chi connectivity index (χ2v) is 7.86. The van der Waals surface area contributed by atoms with Crippen LogP contribution in [0.3, 0.4) is 0 Å². The standard InChI is InChI=1S/C24H27F3N4O4/c1-29-10-4-8-20(29)15-31(16-21-9-5-12-35-21)22(32)17-30(11-13-34-2)23(33)28-19-7-3-6-18(14-19)24(25,26)27/h3-10,12,14H,11,13,15-17H2,1-2H3,(H,28,33). The van der Waals surface area contributed by atoms with E-state index in [1.165, 1.54) is 30.4 Å². The van der Waals surface area contributed by atoms with Crippen LogP contribution in [-0.4, -0.2) is 53.1 Å². The Bertz CT molecular complexity index is 1110. The van der Waals surface area contributed by atoms with Crippen LogP contribution in [0.4, 0.5) is 23.7 Å². The highest BCUT2D eigenvalue weighted by Crippen LogP contribution is 2.30. The molecule has 8 nitrogen and oxygen atoms in total. The molecule has 0 aliphatic rings. The van der Waals surface area contributed by atoms with E-state index in [0.717, 1.165) is 17.8 Å². The first kappa shape index (κ1) is 25.9. The van der Waals surface area contributed by atoms with Crippen LogP contribution in [0, 0.1) is 0 Å². The average molecular weight is 492 g/mol. The van der Waals surface area contributed by atoms with Gasteiger partial charge >= 0.3 is 12.2 Å². The van der Waals surface area contributed by atoms with Crippen LogP contribution in [0.5, 0.6) is 0 Å². The molecule has 1 aromatic carbocycles. The van der Waals surface area contributed by atoms with E-state index in [1.807, 2.05) is 29.9 Å². The van der Waals surface area contributed by atoms with Gasteiger partial charge in [-0.25, -0.2) is 4.79 Å². The Balaban J connectivity index is 1.75. The highest BCUT2D eigenvalue weighted by molar-refractivity contribution is 5.92. The molecule has 1 N–H and O–H groups in total. The number of nitrogens with zero attached hydrogens (tertiary/aromatic N) is 3. The largest absolute Gasteiger partial charge is 0.467 e. The third-order valence-corrected chi connectivity index (χ3v) is 5.30. The number of alkyl halides is 3. The van der Waals surface area contributed by atoms with E-state index in [0.29, 0.717) is 5.76 Å². The van der Waals surface area contributed by atoms with Crippen molar-refractivity contribution < 1.29 is 31.9 Å². The van der Waals surface area contributed by atoms with Gasteiger partial charge in [0.15, 0.2) is 0 Å². The second-order valence-electron chi connectivity index (χ2n) is 7.86. The van der Waals surface area contributed by atoms with Crippen molar-refractivity contribution in [3.05, 3.63) is 78.0 Å². The molecule has 0 aliphatic carbocycles. The van der Waals surface area contributed by atoms with Crippen molar-refractivity contribution in [1.29, 1.82) is 0 Å². The number of ether oxygens (including phenoxy) is 1. The lowest BCUT2D eigenvalue weighted by Crippen LogP contribution is -2.45. The minimum absolute atomic E-state index is 0.0315. The van der Waals surface area contributed by atoms with Crippen LogP contribution in [0.1, 0.15) is 17.0 Å². The number of furan rings is 1. The third-order valence-electron chi connectivity index (χ3n) is 5.30. The molecule has 0 aliphatic heterocycles. The minimum Gasteiger partial charge on any atom is -0.467 e. The Labute approximate surface area is 200 Å². The zero-order valence-corrected chi connectivity index (χ0v) is 19.4. The van der Waals surface area contributed by atoms with E-state index < -0.39 is 17.8 Å². The van der Waals surface area contributed by atoms with Crippen LogP contribution < -0.4 is 5.32 Å². The Hall–Kier alpha value is -3.73. The average Bonchev–Trinajstić information content (AvgIpc) is 3.47. The summed E-state index contributed by atoms with van der Waals surface area (Å²) in [7, 11) is 3.31. The summed E-state index contributed by atoms with van der Waals surface area (Å²) in [5, 5.41) is 2.45. The Morgan fingerprint density at radius 3 is 2.51 bits per heavy atom. The zero-order valence-electron chi connectivity index (χ0n) is 19.4. The van der Waals surface area contributed by atoms with Gasteiger partial charge in [0.1, 0.15) is 12.3 Å². The molecule has 0 spiro atoms. The summed E-state index contributed by atoms with van der Waals surface area (Å²) < 4.78 is 51.4. The Morgan fingerprint density at radius 2 is 1.89 bits per heavy atom. The number of anilines is 1. The highest BCUT2D eigenvalue weighted by atomic mass is 19.4. The van der Waals surface area contributed by atoms with Gasteiger partial charge in [-0.3, -0.25) is 4.79 Å². The lowest BCUT2D eigenvalue weighted by atomic mass is 10.2. The van der Waals surface area contributed by atoms with Crippen molar-refractivity contribution >= 4 is 17.6 Å². The number of methoxy groups -OCH3 is 1. The summed E-state index contributed by atoms with van der Waals surface area (Å²) in [6, 6.07) is 10.8. The minimum atomic E-state index is -4.55. The number of hydrogen-bond donors (Lipinski definition) is 1. The summed E-state index contributed by atoms with van der Waals surface area (Å²) in [6.07, 6.45) is -1.18. The zero-order chi connectivity index (χ0) is 25.4. The van der Waals surface area contributed by atoms with Crippen LogP contribution in [0.15, 0.2) is 65.4 Å². The fourth-order valence-electron chi connectivity index (χ4n) is 3.37. The number of nitrogens with one attached hydrogen (secondary N) is 1. The molecule has 0 bridgehead atoms. The molecule has 3 aromatic rings. The predicted molar refractivity (Wildman–Crippen MR) is 122 cm³/mol. The molecule has 0 saturated heterocycles. The predicted octanol–water partition coefficient (Wildman–Crippen LogP) is 4.35. The van der Waals surface area contributed by atoms with Gasteiger partial charge in [0.05, 0.1) is 31.5 Å². The summed E-state index contributed by atoms with van der Waals surface area (Å²) >= 11 is 0. The van der Waals surface area contributed by atoms with Crippen molar-refractivity contribution in [2.24, 2.45) is 7.05 Å². The molecular formula is C24H27F3N4O4. The van der Waals surface area contributed by atoms with E-state index in [4.69, 9.17) is 9.15 Å². The van der Waals surface area contributed by atoms with Crippen LogP contribution in [0.2, 0.25) is 0 Å². The molecule has 188 valence electrons.